The minimum atomic E-state index is -0.980. The van der Waals surface area contributed by atoms with E-state index >= 15 is 0 Å². The molecule has 0 heterocycles. The summed E-state index contributed by atoms with van der Waals surface area (Å²) < 4.78 is 18.1. The fourth-order valence-electron chi connectivity index (χ4n) is 1.56. The molecule has 0 spiro atoms. The normalized spacial score (nSPS) is 11.5. The lowest BCUT2D eigenvalue weighted by Gasteiger charge is -2.13. The standard InChI is InChI=1S/C14H15Cl2FN2O4/c1-3-18-13(21)7(2)19-12(20)6-23-14(22)8-4-11(17)10(16)5-9(8)15/h4-5,7H,3,6H2,1-2H3,(H,18,21)(H,19,20)/t7-/m0/s1. The predicted molar refractivity (Wildman–Crippen MR) is 83.0 cm³/mol. The average Bonchev–Trinajstić information content (AvgIpc) is 2.48. The molecule has 9 heteroatoms. The van der Waals surface area contributed by atoms with Crippen LogP contribution in [-0.2, 0) is 14.3 Å². The van der Waals surface area contributed by atoms with Crippen molar-refractivity contribution in [2.45, 2.75) is 19.9 Å². The highest BCUT2D eigenvalue weighted by Crippen LogP contribution is 2.24. The van der Waals surface area contributed by atoms with Crippen LogP contribution in [0.15, 0.2) is 12.1 Å². The molecule has 0 fully saturated rings. The number of nitrogens with one attached hydrogen (secondary N) is 2. The molecule has 0 aliphatic rings. The van der Waals surface area contributed by atoms with E-state index in [1.165, 1.54) is 6.92 Å². The van der Waals surface area contributed by atoms with Crippen molar-refractivity contribution in [3.63, 3.8) is 0 Å². The minimum absolute atomic E-state index is 0.0995. The van der Waals surface area contributed by atoms with Crippen LogP contribution < -0.4 is 10.6 Å². The van der Waals surface area contributed by atoms with E-state index < -0.39 is 30.3 Å². The first-order valence-electron chi connectivity index (χ1n) is 6.65. The molecule has 6 nitrogen and oxygen atoms in total. The van der Waals surface area contributed by atoms with Gasteiger partial charge in [-0.05, 0) is 26.0 Å². The van der Waals surface area contributed by atoms with Gasteiger partial charge in [0.1, 0.15) is 11.9 Å². The molecule has 1 aromatic carbocycles. The van der Waals surface area contributed by atoms with Gasteiger partial charge in [0, 0.05) is 6.54 Å². The summed E-state index contributed by atoms with van der Waals surface area (Å²) in [7, 11) is 0. The molecule has 0 saturated carbocycles. The highest BCUT2D eigenvalue weighted by atomic mass is 35.5. The van der Waals surface area contributed by atoms with E-state index in [4.69, 9.17) is 27.9 Å². The van der Waals surface area contributed by atoms with Gasteiger partial charge >= 0.3 is 5.97 Å². The second-order valence-corrected chi connectivity index (χ2v) is 5.32. The van der Waals surface area contributed by atoms with Gasteiger partial charge in [-0.2, -0.15) is 0 Å². The van der Waals surface area contributed by atoms with Crippen LogP contribution >= 0.6 is 23.2 Å². The fourth-order valence-corrected chi connectivity index (χ4v) is 2.02. The molecular formula is C14H15Cl2FN2O4. The van der Waals surface area contributed by atoms with Crippen molar-refractivity contribution in [1.29, 1.82) is 0 Å². The molecule has 0 unspecified atom stereocenters. The Morgan fingerprint density at radius 1 is 1.26 bits per heavy atom. The van der Waals surface area contributed by atoms with E-state index in [0.717, 1.165) is 12.1 Å². The largest absolute Gasteiger partial charge is 0.452 e. The Morgan fingerprint density at radius 3 is 2.52 bits per heavy atom. The van der Waals surface area contributed by atoms with Crippen LogP contribution in [0.4, 0.5) is 4.39 Å². The third-order valence-electron chi connectivity index (χ3n) is 2.69. The summed E-state index contributed by atoms with van der Waals surface area (Å²) in [5.74, 6) is -2.86. The first-order valence-corrected chi connectivity index (χ1v) is 7.40. The Balaban J connectivity index is 2.58. The number of halogens is 3. The van der Waals surface area contributed by atoms with Crippen LogP contribution in [0.2, 0.25) is 10.0 Å². The number of amides is 2. The maximum atomic E-state index is 13.3. The highest BCUT2D eigenvalue weighted by Gasteiger charge is 2.19. The molecule has 126 valence electrons. The summed E-state index contributed by atoms with van der Waals surface area (Å²) in [5, 5.41) is 4.54. The topological polar surface area (TPSA) is 84.5 Å². The van der Waals surface area contributed by atoms with Crippen molar-refractivity contribution in [2.75, 3.05) is 13.2 Å². The van der Waals surface area contributed by atoms with E-state index in [-0.39, 0.29) is 21.5 Å². The number of esters is 1. The number of carbonyl (C=O) groups excluding carboxylic acids is 3. The first kappa shape index (κ1) is 19.2. The summed E-state index contributed by atoms with van der Waals surface area (Å²) in [4.78, 5) is 34.8. The van der Waals surface area contributed by atoms with Crippen molar-refractivity contribution in [3.8, 4) is 0 Å². The molecule has 2 amide bonds. The summed E-state index contributed by atoms with van der Waals surface area (Å²) >= 11 is 11.3. The Bertz CT molecular complexity index is 625. The van der Waals surface area contributed by atoms with Crippen molar-refractivity contribution in [3.05, 3.63) is 33.6 Å². The van der Waals surface area contributed by atoms with Gasteiger partial charge in [-0.3, -0.25) is 9.59 Å². The molecule has 0 aromatic heterocycles. The van der Waals surface area contributed by atoms with E-state index in [1.54, 1.807) is 6.92 Å². The van der Waals surface area contributed by atoms with E-state index in [9.17, 15) is 18.8 Å². The summed E-state index contributed by atoms with van der Waals surface area (Å²) in [6.07, 6.45) is 0. The lowest BCUT2D eigenvalue weighted by molar-refractivity contribution is -0.130. The zero-order chi connectivity index (χ0) is 17.6. The van der Waals surface area contributed by atoms with Crippen molar-refractivity contribution in [2.24, 2.45) is 0 Å². The SMILES string of the molecule is CCNC(=O)[C@H](C)NC(=O)COC(=O)c1cc(F)c(Cl)cc1Cl. The summed E-state index contributed by atoms with van der Waals surface area (Å²) in [6, 6.07) is 1.10. The van der Waals surface area contributed by atoms with Gasteiger partial charge in [-0.25, -0.2) is 9.18 Å². The van der Waals surface area contributed by atoms with Gasteiger partial charge in [0.2, 0.25) is 5.91 Å². The third-order valence-corrected chi connectivity index (χ3v) is 3.29. The minimum Gasteiger partial charge on any atom is -0.452 e. The highest BCUT2D eigenvalue weighted by molar-refractivity contribution is 6.36. The number of benzene rings is 1. The van der Waals surface area contributed by atoms with Crippen molar-refractivity contribution >= 4 is 41.0 Å². The lowest BCUT2D eigenvalue weighted by atomic mass is 10.2. The Labute approximate surface area is 142 Å². The maximum Gasteiger partial charge on any atom is 0.340 e. The summed E-state index contributed by atoms with van der Waals surface area (Å²) in [6.45, 7) is 3.01. The van der Waals surface area contributed by atoms with Crippen LogP contribution in [0, 0.1) is 5.82 Å². The third kappa shape index (κ3) is 5.69. The van der Waals surface area contributed by atoms with Gasteiger partial charge < -0.3 is 15.4 Å². The predicted octanol–water partition coefficient (Wildman–Crippen LogP) is 1.93. The fraction of sp³-hybridized carbons (Fsp3) is 0.357. The molecule has 1 aromatic rings. The van der Waals surface area contributed by atoms with Gasteiger partial charge in [-0.15, -0.1) is 0 Å². The van der Waals surface area contributed by atoms with Crippen LogP contribution in [-0.4, -0.2) is 37.0 Å². The Kier molecular flexibility index (Phi) is 7.25. The quantitative estimate of drug-likeness (QED) is 0.596. The van der Waals surface area contributed by atoms with Crippen LogP contribution in [0.3, 0.4) is 0 Å². The molecule has 2 N–H and O–H groups in total. The summed E-state index contributed by atoms with van der Waals surface area (Å²) in [5.41, 5.74) is -0.252. The second kappa shape index (κ2) is 8.69. The van der Waals surface area contributed by atoms with E-state index in [1.807, 2.05) is 0 Å². The number of ether oxygens (including phenoxy) is 1. The first-order chi connectivity index (χ1) is 10.8. The Hall–Kier alpha value is -1.86. The molecule has 1 atom stereocenters. The number of hydrogen-bond acceptors (Lipinski definition) is 4. The van der Waals surface area contributed by atoms with E-state index in [2.05, 4.69) is 10.6 Å². The van der Waals surface area contributed by atoms with Gasteiger partial charge in [-0.1, -0.05) is 23.2 Å². The Morgan fingerprint density at radius 2 is 1.91 bits per heavy atom. The molecule has 0 radical (unpaired) electrons. The lowest BCUT2D eigenvalue weighted by Crippen LogP contribution is -2.46. The number of likely N-dealkylation sites (N-methyl/N-ethyl adjacent to an activating group) is 1. The molecular weight excluding hydrogens is 350 g/mol. The molecule has 0 aliphatic carbocycles. The number of carbonyl (C=O) groups is 3. The maximum absolute atomic E-state index is 13.3. The van der Waals surface area contributed by atoms with Gasteiger partial charge in [0.05, 0.1) is 15.6 Å². The van der Waals surface area contributed by atoms with Crippen LogP contribution in [0.1, 0.15) is 24.2 Å². The van der Waals surface area contributed by atoms with E-state index in [0.29, 0.717) is 6.54 Å². The number of hydrogen-bond donors (Lipinski definition) is 2. The van der Waals surface area contributed by atoms with Gasteiger partial charge in [0.15, 0.2) is 6.61 Å². The molecule has 0 bridgehead atoms. The monoisotopic (exact) mass is 364 g/mol. The van der Waals surface area contributed by atoms with Crippen LogP contribution in [0.5, 0.6) is 0 Å². The molecule has 1 rings (SSSR count). The zero-order valence-corrected chi connectivity index (χ0v) is 13.9. The zero-order valence-electron chi connectivity index (χ0n) is 12.4. The average molecular weight is 365 g/mol. The molecule has 0 aliphatic heterocycles. The molecule has 23 heavy (non-hydrogen) atoms. The number of rotatable bonds is 6. The van der Waals surface area contributed by atoms with Crippen LogP contribution in [0.25, 0.3) is 0 Å². The molecule has 0 saturated heterocycles. The van der Waals surface area contributed by atoms with Crippen molar-refractivity contribution < 1.29 is 23.5 Å². The van der Waals surface area contributed by atoms with Crippen molar-refractivity contribution in [1.82, 2.24) is 10.6 Å². The van der Waals surface area contributed by atoms with Gasteiger partial charge in [0.25, 0.3) is 5.91 Å². The second-order valence-electron chi connectivity index (χ2n) is 4.51. The smallest absolute Gasteiger partial charge is 0.340 e.